The Hall–Kier alpha value is -3.12. The molecule has 0 aliphatic carbocycles. The Labute approximate surface area is 224 Å². The first kappa shape index (κ1) is 27.9. The van der Waals surface area contributed by atoms with Gasteiger partial charge in [-0.1, -0.05) is 91.0 Å². The molecule has 1 unspecified atom stereocenters. The molecule has 0 bridgehead atoms. The Bertz CT molecular complexity index is 1220. The fourth-order valence-corrected chi connectivity index (χ4v) is 6.59. The van der Waals surface area contributed by atoms with Crippen molar-refractivity contribution < 1.29 is 18.0 Å². The zero-order valence-corrected chi connectivity index (χ0v) is 23.2. The van der Waals surface area contributed by atoms with E-state index in [0.29, 0.717) is 5.82 Å². The highest BCUT2D eigenvalue weighted by atomic mass is 31.2. The molecule has 8 heteroatoms. The molecule has 1 heterocycles. The van der Waals surface area contributed by atoms with Crippen LogP contribution in [0.5, 0.6) is 0 Å². The molecule has 4 aromatic rings. The molecule has 1 aromatic heterocycles. The summed E-state index contributed by atoms with van der Waals surface area (Å²) in [5.41, 5.74) is 2.23. The van der Waals surface area contributed by atoms with Crippen molar-refractivity contribution in [1.29, 1.82) is 0 Å². The van der Waals surface area contributed by atoms with Gasteiger partial charge in [0.2, 0.25) is 5.91 Å². The van der Waals surface area contributed by atoms with Crippen molar-refractivity contribution in [3.8, 4) is 0 Å². The van der Waals surface area contributed by atoms with Gasteiger partial charge in [-0.05, 0) is 50.8 Å². The molecule has 200 valence electrons. The number of benzene rings is 3. The van der Waals surface area contributed by atoms with E-state index < -0.39 is 31.3 Å². The zero-order chi connectivity index (χ0) is 27.2. The lowest BCUT2D eigenvalue weighted by atomic mass is 9.77. The summed E-state index contributed by atoms with van der Waals surface area (Å²) < 4.78 is 41.3. The first-order valence-corrected chi connectivity index (χ1v) is 14.5. The summed E-state index contributed by atoms with van der Waals surface area (Å²) in [6, 6.07) is 30.4. The molecule has 0 aliphatic rings. The standard InChI is InChI=1S/C30H35FN3O3P/c1-23(2)36-38(35,37-24(3)4)28(31)20-21-29-32-22-34(33-29)30(25-14-8-5-9-15-25,26-16-10-6-11-17-26)27-18-12-7-13-19-27/h5-19,22-24,28H,20-21H2,1-4H3. The second kappa shape index (κ2) is 12.2. The third-order valence-corrected chi connectivity index (χ3v) is 8.50. The number of nitrogens with zero attached hydrogens (tertiary/aromatic N) is 3. The average molecular weight is 536 g/mol. The lowest BCUT2D eigenvalue weighted by Gasteiger charge is -2.35. The maximum Gasteiger partial charge on any atom is 0.365 e. The normalized spacial score (nSPS) is 13.2. The van der Waals surface area contributed by atoms with Crippen molar-refractivity contribution in [1.82, 2.24) is 14.8 Å². The number of hydrogen-bond donors (Lipinski definition) is 0. The first-order chi connectivity index (χ1) is 18.3. The highest BCUT2D eigenvalue weighted by molar-refractivity contribution is 7.54. The van der Waals surface area contributed by atoms with E-state index in [1.165, 1.54) is 0 Å². The summed E-state index contributed by atoms with van der Waals surface area (Å²) in [7, 11) is -3.96. The number of aryl methyl sites for hydroxylation is 1. The van der Waals surface area contributed by atoms with Crippen LogP contribution in [0.25, 0.3) is 0 Å². The second-order valence-corrected chi connectivity index (χ2v) is 11.8. The molecular weight excluding hydrogens is 500 g/mol. The number of rotatable bonds is 12. The van der Waals surface area contributed by atoms with Gasteiger partial charge in [-0.3, -0.25) is 4.57 Å². The number of alkyl halides is 1. The van der Waals surface area contributed by atoms with Crippen LogP contribution in [0.1, 0.15) is 56.6 Å². The molecular formula is C30H35FN3O3P. The van der Waals surface area contributed by atoms with Crippen molar-refractivity contribution >= 4 is 7.60 Å². The van der Waals surface area contributed by atoms with Crippen LogP contribution < -0.4 is 0 Å². The van der Waals surface area contributed by atoms with E-state index >= 15 is 4.39 Å². The van der Waals surface area contributed by atoms with Crippen molar-refractivity contribution in [2.45, 2.75) is 64.2 Å². The van der Waals surface area contributed by atoms with Gasteiger partial charge in [0.25, 0.3) is 0 Å². The summed E-state index contributed by atoms with van der Waals surface area (Å²) in [4.78, 5) is 4.55. The van der Waals surface area contributed by atoms with Crippen LogP contribution in [0, 0.1) is 0 Å². The summed E-state index contributed by atoms with van der Waals surface area (Å²) in [6.45, 7) is 6.84. The summed E-state index contributed by atoms with van der Waals surface area (Å²) in [6.07, 6.45) is 0.909. The Morgan fingerprint density at radius 1 is 0.789 bits per heavy atom. The van der Waals surface area contributed by atoms with Crippen LogP contribution in [-0.2, 0) is 25.6 Å². The van der Waals surface area contributed by atoms with Crippen LogP contribution in [0.2, 0.25) is 0 Å². The van der Waals surface area contributed by atoms with Crippen molar-refractivity contribution in [3.05, 3.63) is 120 Å². The highest BCUT2D eigenvalue weighted by Crippen LogP contribution is 2.57. The molecule has 0 radical (unpaired) electrons. The molecule has 4 rings (SSSR count). The lowest BCUT2D eigenvalue weighted by Crippen LogP contribution is -2.38. The van der Waals surface area contributed by atoms with Crippen LogP contribution in [0.3, 0.4) is 0 Å². The third-order valence-electron chi connectivity index (χ3n) is 6.12. The third kappa shape index (κ3) is 5.96. The number of hydrogen-bond acceptors (Lipinski definition) is 5. The smallest absolute Gasteiger partial charge is 0.304 e. The van der Waals surface area contributed by atoms with Gasteiger partial charge in [0, 0.05) is 6.42 Å². The molecule has 3 aromatic carbocycles. The van der Waals surface area contributed by atoms with Gasteiger partial charge in [0.05, 0.1) is 12.2 Å². The van der Waals surface area contributed by atoms with Gasteiger partial charge in [-0.2, -0.15) is 5.10 Å². The minimum Gasteiger partial charge on any atom is -0.304 e. The Kier molecular flexibility index (Phi) is 8.93. The van der Waals surface area contributed by atoms with Crippen LogP contribution >= 0.6 is 7.60 Å². The van der Waals surface area contributed by atoms with E-state index in [4.69, 9.17) is 14.1 Å². The van der Waals surface area contributed by atoms with Crippen LogP contribution in [0.4, 0.5) is 4.39 Å². The summed E-state index contributed by atoms with van der Waals surface area (Å²) in [5.74, 6) is -1.35. The van der Waals surface area contributed by atoms with Crippen LogP contribution in [0.15, 0.2) is 97.3 Å². The predicted octanol–water partition coefficient (Wildman–Crippen LogP) is 7.39. The van der Waals surface area contributed by atoms with Crippen LogP contribution in [-0.4, -0.2) is 32.9 Å². The largest absolute Gasteiger partial charge is 0.365 e. The van der Waals surface area contributed by atoms with Crippen molar-refractivity contribution in [2.24, 2.45) is 0 Å². The molecule has 0 amide bonds. The van der Waals surface area contributed by atoms with E-state index in [9.17, 15) is 4.57 Å². The minimum absolute atomic E-state index is 0.0876. The molecule has 6 nitrogen and oxygen atoms in total. The SMILES string of the molecule is CC(C)OP(=O)(OC(C)C)C(F)CCc1ncn(C(c2ccccc2)(c2ccccc2)c2ccccc2)n1. The number of aromatic nitrogens is 3. The quantitative estimate of drug-likeness (QED) is 0.140. The average Bonchev–Trinajstić information content (AvgIpc) is 3.38. The summed E-state index contributed by atoms with van der Waals surface area (Å²) >= 11 is 0. The van der Waals surface area contributed by atoms with E-state index in [-0.39, 0.29) is 12.8 Å². The van der Waals surface area contributed by atoms with E-state index in [1.54, 1.807) is 34.0 Å². The summed E-state index contributed by atoms with van der Waals surface area (Å²) in [5, 5.41) is 4.86. The number of halogens is 1. The Balaban J connectivity index is 1.73. The fraction of sp³-hybridized carbons (Fsp3) is 0.333. The molecule has 0 aliphatic heterocycles. The molecule has 1 atom stereocenters. The Morgan fingerprint density at radius 3 is 1.61 bits per heavy atom. The van der Waals surface area contributed by atoms with Gasteiger partial charge in [-0.25, -0.2) is 14.1 Å². The molecule has 0 saturated heterocycles. The molecule has 0 fully saturated rings. The van der Waals surface area contributed by atoms with Crippen molar-refractivity contribution in [3.63, 3.8) is 0 Å². The highest BCUT2D eigenvalue weighted by Gasteiger charge is 2.41. The van der Waals surface area contributed by atoms with Crippen molar-refractivity contribution in [2.75, 3.05) is 0 Å². The lowest BCUT2D eigenvalue weighted by molar-refractivity contribution is 0.121. The zero-order valence-electron chi connectivity index (χ0n) is 22.3. The van der Waals surface area contributed by atoms with Gasteiger partial charge in [-0.15, -0.1) is 0 Å². The molecule has 0 N–H and O–H groups in total. The molecule has 38 heavy (non-hydrogen) atoms. The van der Waals surface area contributed by atoms with Gasteiger partial charge in [0.15, 0.2) is 5.82 Å². The van der Waals surface area contributed by atoms with E-state index in [0.717, 1.165) is 16.7 Å². The topological polar surface area (TPSA) is 66.2 Å². The Morgan fingerprint density at radius 2 is 1.21 bits per heavy atom. The van der Waals surface area contributed by atoms with E-state index in [2.05, 4.69) is 41.4 Å². The molecule has 0 saturated carbocycles. The minimum atomic E-state index is -3.96. The monoisotopic (exact) mass is 535 g/mol. The first-order valence-electron chi connectivity index (χ1n) is 12.9. The van der Waals surface area contributed by atoms with Gasteiger partial charge in [0.1, 0.15) is 11.9 Å². The molecule has 0 spiro atoms. The van der Waals surface area contributed by atoms with E-state index in [1.807, 2.05) is 59.3 Å². The maximum absolute atomic E-state index is 15.3. The predicted molar refractivity (Wildman–Crippen MR) is 148 cm³/mol. The van der Waals surface area contributed by atoms with Gasteiger partial charge < -0.3 is 9.05 Å². The second-order valence-electron chi connectivity index (χ2n) is 9.74. The fourth-order valence-electron chi connectivity index (χ4n) is 4.66. The maximum atomic E-state index is 15.3. The van der Waals surface area contributed by atoms with Gasteiger partial charge >= 0.3 is 7.60 Å².